The molecule has 2 amide bonds. The standard InChI is InChI=1S/C30H30N6O11/c1-4-45-25-13-19(28-27(29(38)44-3)17(2)32-30(39)33-28)7-11-24(25)46-16-26(37)34-31-15-18-5-9-21(10-6-18)47-23-12-8-20(35(40)41)14-22(23)36(42)43/h5-15,26,28,34,37H,4,16H2,1-3H3,(H2,32,33,39)/b31-15-/t26-,28+/m0/s1. The molecule has 0 fully saturated rings. The summed E-state index contributed by atoms with van der Waals surface area (Å²) in [5.74, 6) is 0.0872. The van der Waals surface area contributed by atoms with Crippen LogP contribution in [-0.2, 0) is 9.53 Å². The summed E-state index contributed by atoms with van der Waals surface area (Å²) < 4.78 is 21.9. The number of hydrazone groups is 1. The molecule has 47 heavy (non-hydrogen) atoms. The van der Waals surface area contributed by atoms with Gasteiger partial charge in [0.25, 0.3) is 5.69 Å². The van der Waals surface area contributed by atoms with Gasteiger partial charge in [-0.25, -0.2) is 9.59 Å². The quantitative estimate of drug-likeness (QED) is 0.0642. The third-order valence-corrected chi connectivity index (χ3v) is 6.57. The van der Waals surface area contributed by atoms with Crippen molar-refractivity contribution in [2.45, 2.75) is 26.1 Å². The fraction of sp³-hybridized carbons (Fsp3) is 0.233. The Kier molecular flexibility index (Phi) is 10.9. The molecule has 1 aliphatic heterocycles. The molecule has 0 aromatic heterocycles. The molecule has 0 aliphatic carbocycles. The molecular weight excluding hydrogens is 620 g/mol. The molecule has 0 unspecified atom stereocenters. The highest BCUT2D eigenvalue weighted by Crippen LogP contribution is 2.36. The summed E-state index contributed by atoms with van der Waals surface area (Å²) in [6.45, 7) is 3.43. The molecule has 3 aromatic carbocycles. The van der Waals surface area contributed by atoms with E-state index in [-0.39, 0.29) is 30.3 Å². The van der Waals surface area contributed by atoms with E-state index in [1.54, 1.807) is 44.2 Å². The van der Waals surface area contributed by atoms with Crippen LogP contribution in [0.3, 0.4) is 0 Å². The second-order valence-electron chi connectivity index (χ2n) is 9.75. The number of methoxy groups -OCH3 is 1. The van der Waals surface area contributed by atoms with Gasteiger partial charge in [-0.15, -0.1) is 0 Å². The normalized spacial score (nSPS) is 14.9. The molecular formula is C30H30N6O11. The Morgan fingerprint density at radius 3 is 2.43 bits per heavy atom. The molecule has 246 valence electrons. The number of nitrogens with zero attached hydrogens (tertiary/aromatic N) is 3. The van der Waals surface area contributed by atoms with Crippen LogP contribution < -0.4 is 30.3 Å². The number of amides is 2. The number of carbonyl (C=O) groups is 2. The Morgan fingerprint density at radius 2 is 1.77 bits per heavy atom. The second-order valence-corrected chi connectivity index (χ2v) is 9.75. The molecule has 0 saturated carbocycles. The van der Waals surface area contributed by atoms with E-state index in [2.05, 4.69) is 21.2 Å². The van der Waals surface area contributed by atoms with Crippen molar-refractivity contribution in [2.75, 3.05) is 20.3 Å². The first-order chi connectivity index (χ1) is 22.5. The lowest BCUT2D eigenvalue weighted by Gasteiger charge is -2.28. The first-order valence-corrected chi connectivity index (χ1v) is 13.9. The summed E-state index contributed by atoms with van der Waals surface area (Å²) in [5, 5.41) is 41.9. The van der Waals surface area contributed by atoms with Crippen LogP contribution in [0, 0.1) is 20.2 Å². The van der Waals surface area contributed by atoms with Gasteiger partial charge in [0.1, 0.15) is 12.4 Å². The maximum absolute atomic E-state index is 12.4. The van der Waals surface area contributed by atoms with Gasteiger partial charge < -0.3 is 34.7 Å². The van der Waals surface area contributed by atoms with Gasteiger partial charge in [-0.05, 0) is 67.4 Å². The van der Waals surface area contributed by atoms with E-state index >= 15 is 0 Å². The number of carbonyl (C=O) groups excluding carboxylic acids is 2. The van der Waals surface area contributed by atoms with Crippen LogP contribution in [0.1, 0.15) is 31.0 Å². The van der Waals surface area contributed by atoms with Crippen molar-refractivity contribution in [2.24, 2.45) is 5.10 Å². The average molecular weight is 651 g/mol. The van der Waals surface area contributed by atoms with Crippen LogP contribution in [0.4, 0.5) is 16.2 Å². The van der Waals surface area contributed by atoms with Gasteiger partial charge in [-0.1, -0.05) is 6.07 Å². The molecule has 0 spiro atoms. The lowest BCUT2D eigenvalue weighted by molar-refractivity contribution is -0.394. The minimum Gasteiger partial charge on any atom is -0.490 e. The lowest BCUT2D eigenvalue weighted by Crippen LogP contribution is -2.45. The summed E-state index contributed by atoms with van der Waals surface area (Å²) in [6, 6.07) is 12.9. The van der Waals surface area contributed by atoms with Gasteiger partial charge in [0, 0.05) is 11.8 Å². The number of benzene rings is 3. The largest absolute Gasteiger partial charge is 0.490 e. The molecule has 2 atom stereocenters. The van der Waals surface area contributed by atoms with Crippen molar-refractivity contribution < 1.29 is 43.5 Å². The summed E-state index contributed by atoms with van der Waals surface area (Å²) in [6.07, 6.45) is 0.176. The number of ether oxygens (including phenoxy) is 4. The number of non-ortho nitro benzene ring substituents is 1. The smallest absolute Gasteiger partial charge is 0.337 e. The zero-order valence-corrected chi connectivity index (χ0v) is 25.3. The van der Waals surface area contributed by atoms with E-state index in [4.69, 9.17) is 18.9 Å². The van der Waals surface area contributed by atoms with Crippen molar-refractivity contribution in [3.63, 3.8) is 0 Å². The number of esters is 1. The van der Waals surface area contributed by atoms with Crippen LogP contribution >= 0.6 is 0 Å². The van der Waals surface area contributed by atoms with Crippen molar-refractivity contribution in [1.82, 2.24) is 16.1 Å². The number of nitrogens with one attached hydrogen (secondary N) is 3. The van der Waals surface area contributed by atoms with Crippen molar-refractivity contribution >= 4 is 29.6 Å². The molecule has 4 N–H and O–H groups in total. The monoisotopic (exact) mass is 650 g/mol. The molecule has 1 heterocycles. The van der Waals surface area contributed by atoms with Crippen LogP contribution in [0.5, 0.6) is 23.0 Å². The Morgan fingerprint density at radius 1 is 1.04 bits per heavy atom. The van der Waals surface area contributed by atoms with Gasteiger partial charge in [0.15, 0.2) is 17.7 Å². The van der Waals surface area contributed by atoms with E-state index in [1.807, 2.05) is 0 Å². The third-order valence-electron chi connectivity index (χ3n) is 6.57. The van der Waals surface area contributed by atoms with E-state index in [1.165, 1.54) is 25.5 Å². The molecule has 0 radical (unpaired) electrons. The molecule has 1 aliphatic rings. The fourth-order valence-corrected chi connectivity index (χ4v) is 4.42. The van der Waals surface area contributed by atoms with Crippen molar-refractivity contribution in [1.29, 1.82) is 0 Å². The highest BCUT2D eigenvalue weighted by atomic mass is 16.6. The van der Waals surface area contributed by atoms with Gasteiger partial charge >= 0.3 is 17.7 Å². The van der Waals surface area contributed by atoms with Crippen LogP contribution in [0.15, 0.2) is 77.0 Å². The van der Waals surface area contributed by atoms with Crippen molar-refractivity contribution in [3.8, 4) is 23.0 Å². The summed E-state index contributed by atoms with van der Waals surface area (Å²) in [5.41, 5.74) is 3.26. The highest BCUT2D eigenvalue weighted by Gasteiger charge is 2.32. The van der Waals surface area contributed by atoms with Gasteiger partial charge in [-0.2, -0.15) is 5.10 Å². The van der Waals surface area contributed by atoms with E-state index in [9.17, 15) is 34.9 Å². The number of rotatable bonds is 14. The maximum Gasteiger partial charge on any atom is 0.337 e. The Balaban J connectivity index is 1.36. The van der Waals surface area contributed by atoms with E-state index in [0.29, 0.717) is 28.3 Å². The fourth-order valence-electron chi connectivity index (χ4n) is 4.42. The maximum atomic E-state index is 12.4. The zero-order valence-electron chi connectivity index (χ0n) is 25.3. The Hall–Kier alpha value is -6.23. The second kappa shape index (κ2) is 15.2. The molecule has 4 rings (SSSR count). The predicted octanol–water partition coefficient (Wildman–Crippen LogP) is 3.82. The van der Waals surface area contributed by atoms with Crippen LogP contribution in [0.25, 0.3) is 0 Å². The third kappa shape index (κ3) is 8.49. The van der Waals surface area contributed by atoms with Crippen molar-refractivity contribution in [3.05, 3.63) is 103 Å². The number of aliphatic hydroxyl groups is 1. The summed E-state index contributed by atoms with van der Waals surface area (Å²) in [4.78, 5) is 45.3. The molecule has 17 heteroatoms. The first-order valence-electron chi connectivity index (χ1n) is 13.9. The van der Waals surface area contributed by atoms with E-state index in [0.717, 1.165) is 18.2 Å². The van der Waals surface area contributed by atoms with Gasteiger partial charge in [0.2, 0.25) is 5.75 Å². The number of allylic oxidation sites excluding steroid dienone is 1. The van der Waals surface area contributed by atoms with Crippen LogP contribution in [0.2, 0.25) is 0 Å². The molecule has 17 nitrogen and oxygen atoms in total. The number of nitro benzene ring substituents is 2. The highest BCUT2D eigenvalue weighted by molar-refractivity contribution is 5.95. The minimum absolute atomic E-state index is 0.162. The summed E-state index contributed by atoms with van der Waals surface area (Å²) >= 11 is 0. The van der Waals surface area contributed by atoms with E-state index < -0.39 is 45.5 Å². The number of hydrogen-bond donors (Lipinski definition) is 4. The zero-order chi connectivity index (χ0) is 34.1. The lowest BCUT2D eigenvalue weighted by atomic mass is 9.95. The minimum atomic E-state index is -1.23. The van der Waals surface area contributed by atoms with Gasteiger partial charge in [-0.3, -0.25) is 25.7 Å². The topological polar surface area (TPSA) is 226 Å². The summed E-state index contributed by atoms with van der Waals surface area (Å²) in [7, 11) is 1.25. The number of hydrogen-bond acceptors (Lipinski definition) is 13. The number of nitro groups is 2. The van der Waals surface area contributed by atoms with Gasteiger partial charge in [0.05, 0.1) is 47.5 Å². The number of urea groups is 1. The number of aliphatic hydroxyl groups excluding tert-OH is 1. The molecule has 0 saturated heterocycles. The molecule has 3 aromatic rings. The molecule has 0 bridgehead atoms. The Bertz CT molecular complexity index is 1730. The SMILES string of the molecule is CCOc1cc([C@H]2NC(=O)NC(C)=C2C(=O)OC)ccc1OC[C@H](O)N/N=C\c1ccc(Oc2ccc([N+](=O)[O-])cc2[N+](=O)[O-])cc1. The Labute approximate surface area is 267 Å². The predicted molar refractivity (Wildman–Crippen MR) is 165 cm³/mol. The average Bonchev–Trinajstić information content (AvgIpc) is 3.04. The first kappa shape index (κ1) is 33.7. The van der Waals surface area contributed by atoms with Crippen LogP contribution in [-0.4, -0.2) is 59.7 Å².